The third-order valence-corrected chi connectivity index (χ3v) is 5.37. The van der Waals surface area contributed by atoms with Crippen LogP contribution in [0.15, 0.2) is 23.2 Å². The summed E-state index contributed by atoms with van der Waals surface area (Å²) in [4.78, 5) is 6.82. The van der Waals surface area contributed by atoms with Gasteiger partial charge in [-0.1, -0.05) is 12.1 Å². The molecule has 0 radical (unpaired) electrons. The summed E-state index contributed by atoms with van der Waals surface area (Å²) < 4.78 is 17.0. The van der Waals surface area contributed by atoms with Crippen molar-refractivity contribution >= 4 is 29.9 Å². The Balaban J connectivity index is 0.00000320. The molecule has 2 heterocycles. The van der Waals surface area contributed by atoms with Gasteiger partial charge in [-0.15, -0.1) is 24.0 Å². The van der Waals surface area contributed by atoms with E-state index in [-0.39, 0.29) is 30.1 Å². The van der Waals surface area contributed by atoms with Crippen molar-refractivity contribution in [3.8, 4) is 5.75 Å². The Morgan fingerprint density at radius 2 is 2.00 bits per heavy atom. The molecule has 2 saturated heterocycles. The topological polar surface area (TPSA) is 67.4 Å². The fourth-order valence-electron chi connectivity index (χ4n) is 3.59. The van der Waals surface area contributed by atoms with Crippen LogP contribution >= 0.6 is 24.0 Å². The van der Waals surface area contributed by atoms with Crippen LogP contribution in [0, 0.1) is 6.92 Å². The molecule has 2 N–H and O–H groups in total. The second kappa shape index (κ2) is 14.1. The van der Waals surface area contributed by atoms with Gasteiger partial charge in [-0.25, -0.2) is 0 Å². The molecule has 1 unspecified atom stereocenters. The third kappa shape index (κ3) is 8.56. The number of nitrogens with zero attached hydrogens (tertiary/aromatic N) is 2. The van der Waals surface area contributed by atoms with E-state index in [1.54, 1.807) is 0 Å². The number of unbranched alkanes of at least 4 members (excludes halogenated alkanes) is 1. The number of ether oxygens (including phenoxy) is 3. The summed E-state index contributed by atoms with van der Waals surface area (Å²) >= 11 is 0. The van der Waals surface area contributed by atoms with Crippen LogP contribution in [0.2, 0.25) is 0 Å². The van der Waals surface area contributed by atoms with Gasteiger partial charge in [0.2, 0.25) is 0 Å². The fourth-order valence-corrected chi connectivity index (χ4v) is 3.59. The van der Waals surface area contributed by atoms with Gasteiger partial charge in [0.05, 0.1) is 26.4 Å². The van der Waals surface area contributed by atoms with Crippen LogP contribution in [0.1, 0.15) is 30.4 Å². The minimum absolute atomic E-state index is 0. The van der Waals surface area contributed by atoms with Crippen LogP contribution in [0.4, 0.5) is 0 Å². The van der Waals surface area contributed by atoms with E-state index in [1.807, 2.05) is 7.05 Å². The number of guanidine groups is 1. The number of nitrogens with one attached hydrogen (secondary N) is 2. The molecular weight excluding hydrogens is 495 g/mol. The molecule has 0 aliphatic carbocycles. The van der Waals surface area contributed by atoms with Gasteiger partial charge >= 0.3 is 0 Å². The number of benzene rings is 1. The molecule has 1 aromatic carbocycles. The molecular formula is C22H37IN4O3. The molecule has 0 amide bonds. The highest BCUT2D eigenvalue weighted by atomic mass is 127. The minimum atomic E-state index is 0. The summed E-state index contributed by atoms with van der Waals surface area (Å²) in [7, 11) is 1.81. The Morgan fingerprint density at radius 3 is 2.73 bits per heavy atom. The average Bonchev–Trinajstić information content (AvgIpc) is 3.25. The van der Waals surface area contributed by atoms with Crippen LogP contribution < -0.4 is 15.4 Å². The lowest BCUT2D eigenvalue weighted by atomic mass is 10.1. The Bertz CT molecular complexity index is 647. The monoisotopic (exact) mass is 532 g/mol. The van der Waals surface area contributed by atoms with Crippen LogP contribution in [-0.4, -0.2) is 76.6 Å². The summed E-state index contributed by atoms with van der Waals surface area (Å²) in [6.07, 6.45) is 3.41. The molecule has 0 aromatic heterocycles. The van der Waals surface area contributed by atoms with Gasteiger partial charge in [-0.3, -0.25) is 9.89 Å². The maximum absolute atomic E-state index is 6.19. The average molecular weight is 532 g/mol. The van der Waals surface area contributed by atoms with E-state index >= 15 is 0 Å². The normalized spacial score (nSPS) is 19.9. The molecule has 2 aliphatic rings. The summed E-state index contributed by atoms with van der Waals surface area (Å²) in [5.74, 6) is 1.76. The highest BCUT2D eigenvalue weighted by molar-refractivity contribution is 14.0. The highest BCUT2D eigenvalue weighted by Gasteiger charge is 2.18. The molecule has 8 heteroatoms. The van der Waals surface area contributed by atoms with Crippen LogP contribution in [-0.2, 0) is 16.0 Å². The van der Waals surface area contributed by atoms with Gasteiger partial charge in [-0.2, -0.15) is 0 Å². The van der Waals surface area contributed by atoms with Gasteiger partial charge in [-0.05, 0) is 37.9 Å². The lowest BCUT2D eigenvalue weighted by molar-refractivity contribution is 0.0372. The number of aliphatic imine (C=N–C) groups is 1. The SMILES string of the molecule is CN=C(NCCCCN1CCOCC1)NCc1ccc(C)cc1OC1CCOC1.I. The first-order valence-electron chi connectivity index (χ1n) is 10.8. The van der Waals surface area contributed by atoms with Crippen molar-refractivity contribution in [3.05, 3.63) is 29.3 Å². The molecule has 3 rings (SSSR count). The first-order valence-corrected chi connectivity index (χ1v) is 10.8. The molecule has 0 saturated carbocycles. The molecule has 170 valence electrons. The van der Waals surface area contributed by atoms with Gasteiger partial charge in [0, 0.05) is 45.2 Å². The highest BCUT2D eigenvalue weighted by Crippen LogP contribution is 2.23. The summed E-state index contributed by atoms with van der Waals surface area (Å²) in [5.41, 5.74) is 2.34. The van der Waals surface area contributed by atoms with Gasteiger partial charge in [0.15, 0.2) is 5.96 Å². The lowest BCUT2D eigenvalue weighted by Gasteiger charge is -2.26. The summed E-state index contributed by atoms with van der Waals surface area (Å²) in [6.45, 7) is 10.1. The number of hydrogen-bond acceptors (Lipinski definition) is 5. The molecule has 2 fully saturated rings. The van der Waals surface area contributed by atoms with Crippen molar-refractivity contribution in [2.24, 2.45) is 4.99 Å². The van der Waals surface area contributed by atoms with E-state index in [0.29, 0.717) is 13.2 Å². The molecule has 0 spiro atoms. The van der Waals surface area contributed by atoms with Gasteiger partial charge in [0.1, 0.15) is 11.9 Å². The summed E-state index contributed by atoms with van der Waals surface area (Å²) in [6, 6.07) is 6.36. The third-order valence-electron chi connectivity index (χ3n) is 5.37. The number of rotatable bonds is 9. The Labute approximate surface area is 197 Å². The van der Waals surface area contributed by atoms with Gasteiger partial charge < -0.3 is 24.8 Å². The zero-order valence-electron chi connectivity index (χ0n) is 18.3. The zero-order chi connectivity index (χ0) is 20.3. The van der Waals surface area contributed by atoms with E-state index < -0.39 is 0 Å². The smallest absolute Gasteiger partial charge is 0.191 e. The van der Waals surface area contributed by atoms with Crippen LogP contribution in [0.3, 0.4) is 0 Å². The Hall–Kier alpha value is -1.10. The molecule has 1 aromatic rings. The van der Waals surface area contributed by atoms with Crippen LogP contribution in [0.5, 0.6) is 5.75 Å². The molecule has 2 aliphatic heterocycles. The zero-order valence-corrected chi connectivity index (χ0v) is 20.7. The van der Waals surface area contributed by atoms with Crippen molar-refractivity contribution in [2.45, 2.75) is 38.8 Å². The van der Waals surface area contributed by atoms with E-state index in [1.165, 1.54) is 12.0 Å². The number of hydrogen-bond donors (Lipinski definition) is 2. The molecule has 1 atom stereocenters. The second-order valence-corrected chi connectivity index (χ2v) is 7.73. The predicted molar refractivity (Wildman–Crippen MR) is 131 cm³/mol. The predicted octanol–water partition coefficient (Wildman–Crippen LogP) is 2.56. The van der Waals surface area contributed by atoms with Crippen molar-refractivity contribution in [1.29, 1.82) is 0 Å². The van der Waals surface area contributed by atoms with Crippen molar-refractivity contribution < 1.29 is 14.2 Å². The maximum Gasteiger partial charge on any atom is 0.191 e. The van der Waals surface area contributed by atoms with Gasteiger partial charge in [0.25, 0.3) is 0 Å². The molecule has 0 bridgehead atoms. The quantitative estimate of drug-likeness (QED) is 0.221. The van der Waals surface area contributed by atoms with Crippen molar-refractivity contribution in [3.63, 3.8) is 0 Å². The first kappa shape index (κ1) is 25.2. The number of aryl methyl sites for hydroxylation is 1. The van der Waals surface area contributed by atoms with E-state index in [0.717, 1.165) is 76.1 Å². The fraction of sp³-hybridized carbons (Fsp3) is 0.682. The van der Waals surface area contributed by atoms with Crippen molar-refractivity contribution in [1.82, 2.24) is 15.5 Å². The number of morpholine rings is 1. The Morgan fingerprint density at radius 1 is 1.17 bits per heavy atom. The Kier molecular flexibility index (Phi) is 11.8. The summed E-state index contributed by atoms with van der Waals surface area (Å²) in [5, 5.41) is 6.83. The van der Waals surface area contributed by atoms with E-state index in [9.17, 15) is 0 Å². The first-order chi connectivity index (χ1) is 14.2. The maximum atomic E-state index is 6.19. The molecule has 7 nitrogen and oxygen atoms in total. The largest absolute Gasteiger partial charge is 0.488 e. The van der Waals surface area contributed by atoms with E-state index in [2.05, 4.69) is 45.6 Å². The number of halogens is 1. The second-order valence-electron chi connectivity index (χ2n) is 7.73. The van der Waals surface area contributed by atoms with Crippen molar-refractivity contribution in [2.75, 3.05) is 59.7 Å². The lowest BCUT2D eigenvalue weighted by Crippen LogP contribution is -2.38. The minimum Gasteiger partial charge on any atom is -0.488 e. The van der Waals surface area contributed by atoms with E-state index in [4.69, 9.17) is 14.2 Å². The standard InChI is InChI=1S/C22H36N4O3.HI/c1-18-5-6-19(21(15-18)29-20-7-12-28-17-20)16-25-22(23-2)24-8-3-4-9-26-10-13-27-14-11-26;/h5-6,15,20H,3-4,7-14,16-17H2,1-2H3,(H2,23,24,25);1H. The van der Waals surface area contributed by atoms with Crippen LogP contribution in [0.25, 0.3) is 0 Å². The molecule has 30 heavy (non-hydrogen) atoms.